The van der Waals surface area contributed by atoms with Crippen LogP contribution in [0.15, 0.2) is 18.2 Å². The molecule has 0 atom stereocenters. The van der Waals surface area contributed by atoms with Crippen molar-refractivity contribution in [1.29, 1.82) is 0 Å². The molecule has 0 radical (unpaired) electrons. The van der Waals surface area contributed by atoms with Gasteiger partial charge in [-0.15, -0.1) is 0 Å². The van der Waals surface area contributed by atoms with Gasteiger partial charge in [0.05, 0.1) is 6.61 Å². The highest BCUT2D eigenvalue weighted by atomic mass is 19.1. The molecule has 2 nitrogen and oxygen atoms in total. The first-order valence-corrected chi connectivity index (χ1v) is 6.24. The number of rotatable bonds is 7. The van der Waals surface area contributed by atoms with E-state index in [1.54, 1.807) is 6.07 Å². The molecule has 0 saturated carbocycles. The molecule has 2 N–H and O–H groups in total. The Morgan fingerprint density at radius 2 is 2.12 bits per heavy atom. The minimum absolute atomic E-state index is 0.291. The minimum atomic E-state index is -0.291. The maximum atomic E-state index is 13.6. The summed E-state index contributed by atoms with van der Waals surface area (Å²) in [6.07, 6.45) is 2.76. The molecule has 0 aliphatic carbocycles. The van der Waals surface area contributed by atoms with Crippen LogP contribution in [0, 0.1) is 11.7 Å². The highest BCUT2D eigenvalue weighted by Gasteiger charge is 2.04. The van der Waals surface area contributed by atoms with Crippen molar-refractivity contribution in [2.24, 2.45) is 11.7 Å². The molecule has 0 aliphatic heterocycles. The van der Waals surface area contributed by atoms with Crippen LogP contribution in [-0.4, -0.2) is 13.2 Å². The van der Waals surface area contributed by atoms with Crippen LogP contribution in [0.5, 0.6) is 5.75 Å². The summed E-state index contributed by atoms with van der Waals surface area (Å²) in [4.78, 5) is 0. The Morgan fingerprint density at radius 3 is 2.71 bits per heavy atom. The van der Waals surface area contributed by atoms with Gasteiger partial charge in [0.15, 0.2) is 11.6 Å². The van der Waals surface area contributed by atoms with E-state index in [4.69, 9.17) is 10.5 Å². The van der Waals surface area contributed by atoms with Gasteiger partial charge >= 0.3 is 0 Å². The summed E-state index contributed by atoms with van der Waals surface area (Å²) >= 11 is 0. The topological polar surface area (TPSA) is 35.2 Å². The largest absolute Gasteiger partial charge is 0.491 e. The highest BCUT2D eigenvalue weighted by molar-refractivity contribution is 5.29. The molecular formula is C14H22FNO. The van der Waals surface area contributed by atoms with Gasteiger partial charge in [0.1, 0.15) is 0 Å². The molecule has 96 valence electrons. The number of nitrogens with two attached hydrogens (primary N) is 1. The predicted molar refractivity (Wildman–Crippen MR) is 68.7 cm³/mol. The van der Waals surface area contributed by atoms with Gasteiger partial charge in [-0.3, -0.25) is 0 Å². The van der Waals surface area contributed by atoms with Crippen molar-refractivity contribution in [3.05, 3.63) is 29.6 Å². The van der Waals surface area contributed by atoms with Gasteiger partial charge in [0.25, 0.3) is 0 Å². The summed E-state index contributed by atoms with van der Waals surface area (Å²) in [5.41, 5.74) is 6.34. The molecule has 1 aromatic carbocycles. The molecule has 3 heteroatoms. The van der Waals surface area contributed by atoms with Crippen LogP contribution in [0.2, 0.25) is 0 Å². The maximum absolute atomic E-state index is 13.6. The molecule has 0 heterocycles. The van der Waals surface area contributed by atoms with E-state index in [2.05, 4.69) is 13.8 Å². The molecule has 0 spiro atoms. The number of ether oxygens (including phenoxy) is 1. The quantitative estimate of drug-likeness (QED) is 0.742. The number of hydrogen-bond donors (Lipinski definition) is 1. The monoisotopic (exact) mass is 239 g/mol. The van der Waals surface area contributed by atoms with Crippen molar-refractivity contribution in [2.45, 2.75) is 33.1 Å². The predicted octanol–water partition coefficient (Wildman–Crippen LogP) is 3.14. The first-order valence-electron chi connectivity index (χ1n) is 6.24. The van der Waals surface area contributed by atoms with Crippen LogP contribution in [-0.2, 0) is 6.42 Å². The summed E-state index contributed by atoms with van der Waals surface area (Å²) in [7, 11) is 0. The average Bonchev–Trinajstić information content (AvgIpc) is 2.27. The standard InChI is InChI=1S/C14H22FNO/c1-11(2)4-3-9-17-14-6-5-12(7-8-16)10-13(14)15/h5-6,10-11H,3-4,7-9,16H2,1-2H3. The first kappa shape index (κ1) is 14.0. The third-order valence-corrected chi connectivity index (χ3v) is 2.61. The van der Waals surface area contributed by atoms with Gasteiger partial charge in [-0.1, -0.05) is 19.9 Å². The fraction of sp³-hybridized carbons (Fsp3) is 0.571. The van der Waals surface area contributed by atoms with Gasteiger partial charge in [-0.2, -0.15) is 0 Å². The van der Waals surface area contributed by atoms with Crippen molar-refractivity contribution in [3.63, 3.8) is 0 Å². The number of hydrogen-bond acceptors (Lipinski definition) is 2. The van der Waals surface area contributed by atoms with Crippen LogP contribution in [0.4, 0.5) is 4.39 Å². The molecule has 1 rings (SSSR count). The summed E-state index contributed by atoms with van der Waals surface area (Å²) in [6.45, 7) is 5.45. The second-order valence-electron chi connectivity index (χ2n) is 4.69. The molecule has 1 aromatic rings. The summed E-state index contributed by atoms with van der Waals surface area (Å²) in [5, 5.41) is 0. The lowest BCUT2D eigenvalue weighted by Gasteiger charge is -2.09. The summed E-state index contributed by atoms with van der Waals surface area (Å²) < 4.78 is 19.0. The van der Waals surface area contributed by atoms with Crippen LogP contribution in [0.25, 0.3) is 0 Å². The lowest BCUT2D eigenvalue weighted by atomic mass is 10.1. The van der Waals surface area contributed by atoms with Crippen molar-refractivity contribution in [3.8, 4) is 5.75 Å². The SMILES string of the molecule is CC(C)CCCOc1ccc(CCN)cc1F. The number of halogens is 1. The van der Waals surface area contributed by atoms with E-state index in [9.17, 15) is 4.39 Å². The Kier molecular flexibility index (Phi) is 5.98. The van der Waals surface area contributed by atoms with Gasteiger partial charge in [-0.05, 0) is 49.4 Å². The zero-order valence-corrected chi connectivity index (χ0v) is 10.7. The van der Waals surface area contributed by atoms with Gasteiger partial charge in [-0.25, -0.2) is 4.39 Å². The second-order valence-corrected chi connectivity index (χ2v) is 4.69. The Bertz CT molecular complexity index is 339. The maximum Gasteiger partial charge on any atom is 0.165 e. The molecule has 0 aliphatic rings. The van der Waals surface area contributed by atoms with Crippen molar-refractivity contribution in [1.82, 2.24) is 0 Å². The molecule has 0 fully saturated rings. The average molecular weight is 239 g/mol. The van der Waals surface area contributed by atoms with Crippen LogP contribution in [0.3, 0.4) is 0 Å². The third-order valence-electron chi connectivity index (χ3n) is 2.61. The Labute approximate surface area is 103 Å². The van der Waals surface area contributed by atoms with Crippen molar-refractivity contribution < 1.29 is 9.13 Å². The van der Waals surface area contributed by atoms with E-state index < -0.39 is 0 Å². The molecule has 0 amide bonds. The number of benzene rings is 1. The van der Waals surface area contributed by atoms with Gasteiger partial charge in [0, 0.05) is 0 Å². The molecule has 0 saturated heterocycles. The smallest absolute Gasteiger partial charge is 0.165 e. The van der Waals surface area contributed by atoms with E-state index in [-0.39, 0.29) is 5.82 Å². The van der Waals surface area contributed by atoms with Gasteiger partial charge in [0.2, 0.25) is 0 Å². The molecular weight excluding hydrogens is 217 g/mol. The van der Waals surface area contributed by atoms with Crippen LogP contribution in [0.1, 0.15) is 32.3 Å². The lowest BCUT2D eigenvalue weighted by molar-refractivity contribution is 0.284. The highest BCUT2D eigenvalue weighted by Crippen LogP contribution is 2.19. The molecule has 0 aromatic heterocycles. The van der Waals surface area contributed by atoms with E-state index >= 15 is 0 Å². The summed E-state index contributed by atoms with van der Waals surface area (Å²) in [6, 6.07) is 5.06. The lowest BCUT2D eigenvalue weighted by Crippen LogP contribution is -2.04. The van der Waals surface area contributed by atoms with Crippen molar-refractivity contribution >= 4 is 0 Å². The van der Waals surface area contributed by atoms with Crippen molar-refractivity contribution in [2.75, 3.05) is 13.2 Å². The van der Waals surface area contributed by atoms with Crippen LogP contribution < -0.4 is 10.5 Å². The fourth-order valence-corrected chi connectivity index (χ4v) is 1.66. The van der Waals surface area contributed by atoms with E-state index in [0.29, 0.717) is 31.2 Å². The zero-order chi connectivity index (χ0) is 12.7. The second kappa shape index (κ2) is 7.28. The molecule has 17 heavy (non-hydrogen) atoms. The Hall–Kier alpha value is -1.09. The Morgan fingerprint density at radius 1 is 1.35 bits per heavy atom. The normalized spacial score (nSPS) is 10.9. The third kappa shape index (κ3) is 5.18. The fourth-order valence-electron chi connectivity index (χ4n) is 1.66. The first-order chi connectivity index (χ1) is 8.13. The Balaban J connectivity index is 2.43. The zero-order valence-electron chi connectivity index (χ0n) is 10.7. The van der Waals surface area contributed by atoms with E-state index in [0.717, 1.165) is 18.4 Å². The molecule has 0 unspecified atom stereocenters. The van der Waals surface area contributed by atoms with E-state index in [1.165, 1.54) is 6.07 Å². The summed E-state index contributed by atoms with van der Waals surface area (Å²) in [5.74, 6) is 0.713. The van der Waals surface area contributed by atoms with Gasteiger partial charge < -0.3 is 10.5 Å². The van der Waals surface area contributed by atoms with Crippen LogP contribution >= 0.6 is 0 Å². The van der Waals surface area contributed by atoms with E-state index in [1.807, 2.05) is 6.07 Å². The molecule has 0 bridgehead atoms. The minimum Gasteiger partial charge on any atom is -0.491 e.